The number of sulfonamides is 1. The maximum Gasteiger partial charge on any atom is 0.264 e. The Morgan fingerprint density at radius 2 is 1.65 bits per heavy atom. The van der Waals surface area contributed by atoms with Gasteiger partial charge in [0.25, 0.3) is 10.0 Å². The van der Waals surface area contributed by atoms with Crippen molar-refractivity contribution in [1.82, 2.24) is 10.2 Å². The van der Waals surface area contributed by atoms with Gasteiger partial charge in [-0.3, -0.25) is 13.9 Å². The van der Waals surface area contributed by atoms with Gasteiger partial charge in [-0.1, -0.05) is 71.2 Å². The number of nitrogens with zero attached hydrogens (tertiary/aromatic N) is 2. The van der Waals surface area contributed by atoms with Crippen LogP contribution in [0.5, 0.6) is 0 Å². The summed E-state index contributed by atoms with van der Waals surface area (Å²) >= 11 is 12.3. The summed E-state index contributed by atoms with van der Waals surface area (Å²) in [4.78, 5) is 27.9. The molecule has 10 heteroatoms. The summed E-state index contributed by atoms with van der Waals surface area (Å²) in [5.41, 5.74) is 1.99. The fraction of sp³-hybridized carbons (Fsp3) is 0.259. The van der Waals surface area contributed by atoms with Crippen LogP contribution in [-0.4, -0.2) is 44.3 Å². The van der Waals surface area contributed by atoms with Crippen molar-refractivity contribution < 1.29 is 18.0 Å². The smallest absolute Gasteiger partial charge is 0.264 e. The number of aryl methyl sites for hydroxylation is 1. The number of hydrogen-bond donors (Lipinski definition) is 1. The molecular weight excluding hydrogens is 533 g/mol. The lowest BCUT2D eigenvalue weighted by Gasteiger charge is -2.32. The second-order valence-electron chi connectivity index (χ2n) is 8.50. The SMILES string of the molecule is CCNC(=O)[C@H](C)N(Cc1cccc(C)c1)C(=O)CN(c1ccc(Cl)c(Cl)c1)S(=O)(=O)c1ccccc1. The van der Waals surface area contributed by atoms with Crippen molar-refractivity contribution in [2.75, 3.05) is 17.4 Å². The van der Waals surface area contributed by atoms with Crippen molar-refractivity contribution in [3.63, 3.8) is 0 Å². The van der Waals surface area contributed by atoms with E-state index in [2.05, 4.69) is 5.32 Å². The lowest BCUT2D eigenvalue weighted by molar-refractivity contribution is -0.139. The van der Waals surface area contributed by atoms with Crippen molar-refractivity contribution in [3.8, 4) is 0 Å². The molecule has 0 saturated carbocycles. The van der Waals surface area contributed by atoms with E-state index >= 15 is 0 Å². The molecule has 1 N–H and O–H groups in total. The molecule has 0 unspecified atom stereocenters. The third kappa shape index (κ3) is 7.03. The number of carbonyl (C=O) groups excluding carboxylic acids is 2. The average molecular weight is 563 g/mol. The number of nitrogens with one attached hydrogen (secondary N) is 1. The fourth-order valence-electron chi connectivity index (χ4n) is 3.80. The van der Waals surface area contributed by atoms with Crippen molar-refractivity contribution in [2.24, 2.45) is 0 Å². The monoisotopic (exact) mass is 561 g/mol. The number of rotatable bonds is 10. The van der Waals surface area contributed by atoms with Crippen LogP contribution in [0.4, 0.5) is 5.69 Å². The molecule has 0 aliphatic heterocycles. The van der Waals surface area contributed by atoms with Gasteiger partial charge >= 0.3 is 0 Å². The van der Waals surface area contributed by atoms with E-state index in [0.29, 0.717) is 6.54 Å². The van der Waals surface area contributed by atoms with E-state index in [0.717, 1.165) is 15.4 Å². The Morgan fingerprint density at radius 3 is 2.27 bits per heavy atom. The first-order chi connectivity index (χ1) is 17.5. The molecule has 0 aromatic heterocycles. The van der Waals surface area contributed by atoms with Gasteiger partial charge in [-0.15, -0.1) is 0 Å². The highest BCUT2D eigenvalue weighted by atomic mass is 35.5. The summed E-state index contributed by atoms with van der Waals surface area (Å²) in [6, 6.07) is 18.9. The van der Waals surface area contributed by atoms with Crippen LogP contribution in [0.15, 0.2) is 77.7 Å². The Labute approximate surface area is 228 Å². The highest BCUT2D eigenvalue weighted by Gasteiger charge is 2.32. The summed E-state index contributed by atoms with van der Waals surface area (Å²) in [5, 5.41) is 3.13. The maximum atomic E-state index is 13.8. The van der Waals surface area contributed by atoms with Crippen molar-refractivity contribution in [3.05, 3.63) is 94.0 Å². The summed E-state index contributed by atoms with van der Waals surface area (Å²) in [6.45, 7) is 5.31. The molecule has 0 fully saturated rings. The van der Waals surface area contributed by atoms with Gasteiger partial charge in [-0.2, -0.15) is 0 Å². The summed E-state index contributed by atoms with van der Waals surface area (Å²) in [7, 11) is -4.16. The Bertz CT molecular complexity index is 1370. The molecule has 0 aliphatic carbocycles. The summed E-state index contributed by atoms with van der Waals surface area (Å²) in [5.74, 6) is -0.888. The van der Waals surface area contributed by atoms with Gasteiger partial charge in [0.15, 0.2) is 0 Å². The minimum atomic E-state index is -4.16. The van der Waals surface area contributed by atoms with E-state index in [1.165, 1.54) is 35.2 Å². The van der Waals surface area contributed by atoms with Crippen LogP contribution in [0.1, 0.15) is 25.0 Å². The van der Waals surface area contributed by atoms with Crippen LogP contribution in [0, 0.1) is 6.92 Å². The van der Waals surface area contributed by atoms with Crippen LogP contribution in [0.25, 0.3) is 0 Å². The summed E-state index contributed by atoms with van der Waals surface area (Å²) in [6.07, 6.45) is 0. The number of anilines is 1. The van der Waals surface area contributed by atoms with Crippen LogP contribution in [0.2, 0.25) is 10.0 Å². The van der Waals surface area contributed by atoms with Crippen molar-refractivity contribution >= 4 is 50.7 Å². The van der Waals surface area contributed by atoms with E-state index in [1.54, 1.807) is 32.0 Å². The normalized spacial score (nSPS) is 12.0. The van der Waals surface area contributed by atoms with E-state index in [4.69, 9.17) is 23.2 Å². The van der Waals surface area contributed by atoms with E-state index < -0.39 is 28.5 Å². The summed E-state index contributed by atoms with van der Waals surface area (Å²) < 4.78 is 28.4. The van der Waals surface area contributed by atoms with E-state index in [1.807, 2.05) is 31.2 Å². The van der Waals surface area contributed by atoms with Crippen LogP contribution < -0.4 is 9.62 Å². The molecule has 0 saturated heterocycles. The van der Waals surface area contributed by atoms with Crippen LogP contribution in [0.3, 0.4) is 0 Å². The first-order valence-corrected chi connectivity index (χ1v) is 13.9. The molecule has 7 nitrogen and oxygen atoms in total. The van der Waals surface area contributed by atoms with Gasteiger partial charge in [-0.25, -0.2) is 8.42 Å². The fourth-order valence-corrected chi connectivity index (χ4v) is 5.52. The van der Waals surface area contributed by atoms with Crippen molar-refractivity contribution in [2.45, 2.75) is 38.3 Å². The van der Waals surface area contributed by atoms with Crippen LogP contribution in [-0.2, 0) is 26.2 Å². The molecule has 3 aromatic carbocycles. The number of benzene rings is 3. The maximum absolute atomic E-state index is 13.8. The molecule has 0 radical (unpaired) electrons. The van der Waals surface area contributed by atoms with Gasteiger partial charge in [0.05, 0.1) is 20.6 Å². The molecule has 1 atom stereocenters. The highest BCUT2D eigenvalue weighted by molar-refractivity contribution is 7.92. The van der Waals surface area contributed by atoms with Gasteiger partial charge in [0.2, 0.25) is 11.8 Å². The number of carbonyl (C=O) groups is 2. The van der Waals surface area contributed by atoms with Crippen molar-refractivity contribution in [1.29, 1.82) is 0 Å². The van der Waals surface area contributed by atoms with Gasteiger partial charge in [-0.05, 0) is 56.7 Å². The van der Waals surface area contributed by atoms with E-state index in [-0.39, 0.29) is 33.1 Å². The zero-order chi connectivity index (χ0) is 27.2. The van der Waals surface area contributed by atoms with Gasteiger partial charge in [0, 0.05) is 13.1 Å². The minimum Gasteiger partial charge on any atom is -0.355 e. The average Bonchev–Trinajstić information content (AvgIpc) is 2.87. The molecule has 3 rings (SSSR count). The third-order valence-corrected chi connectivity index (χ3v) is 8.28. The second-order valence-corrected chi connectivity index (χ2v) is 11.2. The highest BCUT2D eigenvalue weighted by Crippen LogP contribution is 2.30. The zero-order valence-electron chi connectivity index (χ0n) is 20.8. The second kappa shape index (κ2) is 12.4. The molecule has 0 bridgehead atoms. The topological polar surface area (TPSA) is 86.8 Å². The number of amides is 2. The molecule has 196 valence electrons. The number of likely N-dealkylation sites (N-methyl/N-ethyl adjacent to an activating group) is 1. The lowest BCUT2D eigenvalue weighted by atomic mass is 10.1. The first-order valence-electron chi connectivity index (χ1n) is 11.7. The van der Waals surface area contributed by atoms with Gasteiger partial charge in [0.1, 0.15) is 12.6 Å². The molecule has 0 heterocycles. The molecule has 0 spiro atoms. The molecule has 0 aliphatic rings. The molecule has 3 aromatic rings. The van der Waals surface area contributed by atoms with E-state index in [9.17, 15) is 18.0 Å². The lowest BCUT2D eigenvalue weighted by Crippen LogP contribution is -2.51. The molecule has 2 amide bonds. The largest absolute Gasteiger partial charge is 0.355 e. The Balaban J connectivity index is 2.04. The molecule has 37 heavy (non-hydrogen) atoms. The predicted molar refractivity (Wildman–Crippen MR) is 147 cm³/mol. The Hall–Kier alpha value is -3.07. The quantitative estimate of drug-likeness (QED) is 0.375. The Kier molecular flexibility index (Phi) is 9.59. The molecular formula is C27H29Cl2N3O4S. The Morgan fingerprint density at radius 1 is 0.946 bits per heavy atom. The zero-order valence-corrected chi connectivity index (χ0v) is 23.1. The minimum absolute atomic E-state index is 0.0101. The standard InChI is InChI=1S/C27H29Cl2N3O4S/c1-4-30-27(34)20(3)31(17-21-10-8-9-19(2)15-21)26(33)18-32(22-13-14-24(28)25(29)16-22)37(35,36)23-11-6-5-7-12-23/h5-16,20H,4,17-18H2,1-3H3,(H,30,34)/t20-/m0/s1. The first kappa shape index (κ1) is 28.5. The number of hydrogen-bond acceptors (Lipinski definition) is 4. The van der Waals surface area contributed by atoms with Crippen LogP contribution >= 0.6 is 23.2 Å². The number of halogens is 2. The predicted octanol–water partition coefficient (Wildman–Crippen LogP) is 5.05. The van der Waals surface area contributed by atoms with Gasteiger partial charge < -0.3 is 10.2 Å². The third-order valence-electron chi connectivity index (χ3n) is 5.75.